The number of aryl methyl sites for hydroxylation is 1. The van der Waals surface area contributed by atoms with Crippen LogP contribution in [0.2, 0.25) is 0 Å². The predicted octanol–water partition coefficient (Wildman–Crippen LogP) is 3.99. The van der Waals surface area contributed by atoms with Crippen LogP contribution >= 0.6 is 0 Å². The number of rotatable bonds is 3. The molecule has 1 aromatic carbocycles. The Morgan fingerprint density at radius 3 is 2.72 bits per heavy atom. The predicted molar refractivity (Wildman–Crippen MR) is 98.4 cm³/mol. The zero-order chi connectivity index (χ0) is 17.4. The molecule has 5 nitrogen and oxygen atoms in total. The number of carbonyl (C=O) groups excluding carboxylic acids is 1. The third-order valence-corrected chi connectivity index (χ3v) is 4.45. The van der Waals surface area contributed by atoms with Gasteiger partial charge in [-0.1, -0.05) is 18.2 Å². The molecule has 0 atom stereocenters. The molecule has 4 rings (SSSR count). The van der Waals surface area contributed by atoms with Gasteiger partial charge in [0.25, 0.3) is 5.91 Å². The molecular formula is C20H18N4O. The maximum Gasteiger partial charge on any atom is 0.276 e. The molecule has 0 bridgehead atoms. The van der Waals surface area contributed by atoms with Gasteiger partial charge in [0.1, 0.15) is 5.82 Å². The van der Waals surface area contributed by atoms with Crippen molar-refractivity contribution < 1.29 is 4.79 Å². The summed E-state index contributed by atoms with van der Waals surface area (Å²) in [6.07, 6.45) is 3.77. The lowest BCUT2D eigenvalue weighted by atomic mass is 10.1. The lowest BCUT2D eigenvalue weighted by molar-refractivity contribution is 0.102. The summed E-state index contributed by atoms with van der Waals surface area (Å²) in [5, 5.41) is 7.38. The van der Waals surface area contributed by atoms with Crippen molar-refractivity contribution in [2.75, 3.05) is 5.32 Å². The SMILES string of the molecule is Cc1cccc(NC(=O)c2ccn(-c3ccc4ccccn34)n2)c1C. The van der Waals surface area contributed by atoms with E-state index < -0.39 is 0 Å². The summed E-state index contributed by atoms with van der Waals surface area (Å²) in [5.41, 5.74) is 4.48. The zero-order valence-electron chi connectivity index (χ0n) is 14.1. The summed E-state index contributed by atoms with van der Waals surface area (Å²) in [7, 11) is 0. The Morgan fingerprint density at radius 1 is 0.960 bits per heavy atom. The fourth-order valence-electron chi connectivity index (χ4n) is 2.87. The maximum absolute atomic E-state index is 12.5. The number of aromatic nitrogens is 3. The van der Waals surface area contributed by atoms with Gasteiger partial charge in [-0.15, -0.1) is 0 Å². The molecule has 1 N–H and O–H groups in total. The van der Waals surface area contributed by atoms with Crippen LogP contribution in [0.4, 0.5) is 5.69 Å². The number of pyridine rings is 1. The first kappa shape index (κ1) is 15.2. The van der Waals surface area contributed by atoms with E-state index in [1.165, 1.54) is 0 Å². The van der Waals surface area contributed by atoms with Crippen molar-refractivity contribution in [1.82, 2.24) is 14.2 Å². The van der Waals surface area contributed by atoms with E-state index in [0.29, 0.717) is 5.69 Å². The number of carbonyl (C=O) groups is 1. The smallest absolute Gasteiger partial charge is 0.276 e. The van der Waals surface area contributed by atoms with E-state index >= 15 is 0 Å². The summed E-state index contributed by atoms with van der Waals surface area (Å²) < 4.78 is 3.74. The van der Waals surface area contributed by atoms with Gasteiger partial charge in [-0.2, -0.15) is 5.10 Å². The Morgan fingerprint density at radius 2 is 1.84 bits per heavy atom. The van der Waals surface area contributed by atoms with E-state index in [1.54, 1.807) is 16.9 Å². The van der Waals surface area contributed by atoms with Crippen molar-refractivity contribution in [2.24, 2.45) is 0 Å². The zero-order valence-corrected chi connectivity index (χ0v) is 14.1. The minimum Gasteiger partial charge on any atom is -0.320 e. The molecule has 0 saturated heterocycles. The second kappa shape index (κ2) is 5.94. The topological polar surface area (TPSA) is 51.3 Å². The van der Waals surface area contributed by atoms with E-state index in [0.717, 1.165) is 28.1 Å². The Balaban J connectivity index is 1.63. The van der Waals surface area contributed by atoms with Gasteiger partial charge in [0.2, 0.25) is 0 Å². The number of hydrogen-bond acceptors (Lipinski definition) is 2. The van der Waals surface area contributed by atoms with Crippen molar-refractivity contribution >= 4 is 17.1 Å². The second-order valence-corrected chi connectivity index (χ2v) is 6.03. The van der Waals surface area contributed by atoms with Gasteiger partial charge in [0, 0.05) is 23.6 Å². The van der Waals surface area contributed by atoms with Crippen LogP contribution in [0.1, 0.15) is 21.6 Å². The number of nitrogens with one attached hydrogen (secondary N) is 1. The van der Waals surface area contributed by atoms with Gasteiger partial charge < -0.3 is 9.72 Å². The number of anilines is 1. The van der Waals surface area contributed by atoms with E-state index in [4.69, 9.17) is 0 Å². The molecule has 1 amide bonds. The molecule has 0 fully saturated rings. The van der Waals surface area contributed by atoms with Crippen molar-refractivity contribution in [3.8, 4) is 5.82 Å². The molecule has 4 aromatic rings. The molecule has 0 aliphatic carbocycles. The van der Waals surface area contributed by atoms with Gasteiger partial charge >= 0.3 is 0 Å². The highest BCUT2D eigenvalue weighted by Crippen LogP contribution is 2.19. The highest BCUT2D eigenvalue weighted by molar-refractivity contribution is 6.03. The monoisotopic (exact) mass is 330 g/mol. The molecule has 3 heterocycles. The standard InChI is InChI=1S/C20H18N4O/c1-14-6-5-8-17(15(14)2)21-20(25)18-11-13-24(22-18)19-10-9-16-7-3-4-12-23(16)19/h3-13H,1-2H3,(H,21,25). The number of benzene rings is 1. The molecule has 0 unspecified atom stereocenters. The van der Waals surface area contributed by atoms with Gasteiger partial charge in [-0.3, -0.25) is 4.79 Å². The first-order valence-electron chi connectivity index (χ1n) is 8.13. The fourth-order valence-corrected chi connectivity index (χ4v) is 2.87. The van der Waals surface area contributed by atoms with Crippen LogP contribution in [0.5, 0.6) is 0 Å². The van der Waals surface area contributed by atoms with Gasteiger partial charge in [0.05, 0.1) is 0 Å². The first-order chi connectivity index (χ1) is 12.1. The summed E-state index contributed by atoms with van der Waals surface area (Å²) in [6, 6.07) is 17.6. The minimum absolute atomic E-state index is 0.215. The maximum atomic E-state index is 12.5. The third-order valence-electron chi connectivity index (χ3n) is 4.45. The molecule has 3 aromatic heterocycles. The highest BCUT2D eigenvalue weighted by atomic mass is 16.1. The highest BCUT2D eigenvalue weighted by Gasteiger charge is 2.13. The van der Waals surface area contributed by atoms with Crippen molar-refractivity contribution in [1.29, 1.82) is 0 Å². The molecule has 0 aliphatic rings. The van der Waals surface area contributed by atoms with Crippen LogP contribution in [0, 0.1) is 13.8 Å². The Bertz CT molecular complexity index is 1070. The van der Waals surface area contributed by atoms with E-state index in [9.17, 15) is 4.79 Å². The van der Waals surface area contributed by atoms with Crippen LogP contribution in [0.15, 0.2) is 67.0 Å². The second-order valence-electron chi connectivity index (χ2n) is 6.03. The Hall–Kier alpha value is -3.34. The van der Waals surface area contributed by atoms with Gasteiger partial charge in [-0.25, -0.2) is 4.68 Å². The van der Waals surface area contributed by atoms with Crippen LogP contribution < -0.4 is 5.32 Å². The van der Waals surface area contributed by atoms with Crippen LogP contribution in [0.25, 0.3) is 11.3 Å². The summed E-state index contributed by atoms with van der Waals surface area (Å²) in [4.78, 5) is 12.5. The molecular weight excluding hydrogens is 312 g/mol. The van der Waals surface area contributed by atoms with Gasteiger partial charge in [0.15, 0.2) is 5.69 Å². The number of amides is 1. The minimum atomic E-state index is -0.215. The molecule has 0 radical (unpaired) electrons. The Labute approximate surface area is 145 Å². The van der Waals surface area contributed by atoms with Crippen molar-refractivity contribution in [3.63, 3.8) is 0 Å². The first-order valence-corrected chi connectivity index (χ1v) is 8.13. The number of hydrogen-bond donors (Lipinski definition) is 1. The normalized spacial score (nSPS) is 11.0. The Kier molecular flexibility index (Phi) is 3.61. The quantitative estimate of drug-likeness (QED) is 0.617. The molecule has 0 saturated carbocycles. The van der Waals surface area contributed by atoms with Gasteiger partial charge in [-0.05, 0) is 61.4 Å². The molecule has 5 heteroatoms. The molecule has 25 heavy (non-hydrogen) atoms. The number of nitrogens with zero attached hydrogens (tertiary/aromatic N) is 3. The van der Waals surface area contributed by atoms with Crippen LogP contribution in [0.3, 0.4) is 0 Å². The van der Waals surface area contributed by atoms with Crippen molar-refractivity contribution in [2.45, 2.75) is 13.8 Å². The summed E-state index contributed by atoms with van der Waals surface area (Å²) in [6.45, 7) is 4.02. The lowest BCUT2D eigenvalue weighted by Gasteiger charge is -2.09. The van der Waals surface area contributed by atoms with E-state index in [2.05, 4.69) is 10.4 Å². The molecule has 0 spiro atoms. The molecule has 124 valence electrons. The lowest BCUT2D eigenvalue weighted by Crippen LogP contribution is -2.14. The van der Waals surface area contributed by atoms with Crippen LogP contribution in [-0.4, -0.2) is 20.1 Å². The average molecular weight is 330 g/mol. The third kappa shape index (κ3) is 2.70. The average Bonchev–Trinajstić information content (AvgIpc) is 3.25. The van der Waals surface area contributed by atoms with E-state index in [-0.39, 0.29) is 5.91 Å². The fraction of sp³-hybridized carbons (Fsp3) is 0.100. The van der Waals surface area contributed by atoms with Crippen LogP contribution in [-0.2, 0) is 0 Å². The molecule has 0 aliphatic heterocycles. The summed E-state index contributed by atoms with van der Waals surface area (Å²) >= 11 is 0. The largest absolute Gasteiger partial charge is 0.320 e. The number of fused-ring (bicyclic) bond motifs is 1. The van der Waals surface area contributed by atoms with Crippen molar-refractivity contribution in [3.05, 3.63) is 83.8 Å². The summed E-state index contributed by atoms with van der Waals surface area (Å²) in [5.74, 6) is 0.676. The van der Waals surface area contributed by atoms with E-state index in [1.807, 2.05) is 73.0 Å².